The van der Waals surface area contributed by atoms with Crippen molar-refractivity contribution in [3.63, 3.8) is 0 Å². The van der Waals surface area contributed by atoms with Crippen LogP contribution in [-0.4, -0.2) is 10.1 Å². The predicted molar refractivity (Wildman–Crippen MR) is 83.9 cm³/mol. The van der Waals surface area contributed by atoms with Crippen LogP contribution in [0.2, 0.25) is 5.15 Å². The average molecular weight is 314 g/mol. The summed E-state index contributed by atoms with van der Waals surface area (Å²) < 4.78 is 11.3. The fourth-order valence-corrected chi connectivity index (χ4v) is 1.97. The molecule has 2 aromatic carbocycles. The molecule has 0 saturated carbocycles. The number of phenolic OH excluding ortho intramolecular Hbond substituents is 1. The Morgan fingerprint density at radius 1 is 0.727 bits per heavy atom. The molecule has 0 aliphatic carbocycles. The molecule has 1 N–H and O–H groups in total. The molecule has 3 rings (SSSR count). The summed E-state index contributed by atoms with van der Waals surface area (Å²) in [6, 6.07) is 17.1. The maximum Gasteiger partial charge on any atom is 0.132 e. The number of aromatic hydroxyl groups is 1. The zero-order valence-corrected chi connectivity index (χ0v) is 12.2. The lowest BCUT2D eigenvalue weighted by Crippen LogP contribution is -1.87. The Kier molecular flexibility index (Phi) is 4.12. The van der Waals surface area contributed by atoms with Crippen LogP contribution in [0, 0.1) is 0 Å². The quantitative estimate of drug-likeness (QED) is 0.687. The Balaban J connectivity index is 1.68. The van der Waals surface area contributed by atoms with Gasteiger partial charge in [-0.1, -0.05) is 11.6 Å². The van der Waals surface area contributed by atoms with Gasteiger partial charge in [0.05, 0.1) is 0 Å². The summed E-state index contributed by atoms with van der Waals surface area (Å²) in [7, 11) is 0. The van der Waals surface area contributed by atoms with Gasteiger partial charge in [-0.05, 0) is 54.6 Å². The van der Waals surface area contributed by atoms with Crippen LogP contribution in [0.5, 0.6) is 28.7 Å². The first-order chi connectivity index (χ1) is 10.7. The number of halogens is 1. The maximum absolute atomic E-state index is 9.23. The van der Waals surface area contributed by atoms with Gasteiger partial charge in [-0.3, -0.25) is 0 Å². The topological polar surface area (TPSA) is 51.6 Å². The molecule has 1 heterocycles. The van der Waals surface area contributed by atoms with Crippen LogP contribution in [0.3, 0.4) is 0 Å². The first-order valence-electron chi connectivity index (χ1n) is 6.55. The zero-order chi connectivity index (χ0) is 15.4. The number of rotatable bonds is 4. The highest BCUT2D eigenvalue weighted by Gasteiger charge is 2.01. The standard InChI is InChI=1S/C17H12ClNO3/c18-17-11-16(9-10-19-17)22-15-7-5-14(6-8-15)21-13-3-1-12(20)2-4-13/h1-11,20H. The minimum absolute atomic E-state index is 0.201. The van der Waals surface area contributed by atoms with Crippen molar-refractivity contribution in [2.75, 3.05) is 0 Å². The molecule has 22 heavy (non-hydrogen) atoms. The van der Waals surface area contributed by atoms with E-state index in [0.717, 1.165) is 0 Å². The van der Waals surface area contributed by atoms with Gasteiger partial charge < -0.3 is 14.6 Å². The van der Waals surface area contributed by atoms with Gasteiger partial charge in [0.15, 0.2) is 0 Å². The highest BCUT2D eigenvalue weighted by atomic mass is 35.5. The highest BCUT2D eigenvalue weighted by molar-refractivity contribution is 6.29. The molecule has 0 amide bonds. The van der Waals surface area contributed by atoms with E-state index in [4.69, 9.17) is 21.1 Å². The molecule has 0 radical (unpaired) electrons. The lowest BCUT2D eigenvalue weighted by molar-refractivity contribution is 0.461. The van der Waals surface area contributed by atoms with Crippen LogP contribution in [0.1, 0.15) is 0 Å². The number of hydrogen-bond acceptors (Lipinski definition) is 4. The molecule has 0 spiro atoms. The van der Waals surface area contributed by atoms with Crippen molar-refractivity contribution in [1.29, 1.82) is 0 Å². The summed E-state index contributed by atoms with van der Waals surface area (Å²) in [5.74, 6) is 2.80. The largest absolute Gasteiger partial charge is 0.508 e. The molecule has 110 valence electrons. The average Bonchev–Trinajstić information content (AvgIpc) is 2.52. The first kappa shape index (κ1) is 14.2. The van der Waals surface area contributed by atoms with Crippen molar-refractivity contribution in [3.8, 4) is 28.7 Å². The summed E-state index contributed by atoms with van der Waals surface area (Å²) in [5.41, 5.74) is 0. The fraction of sp³-hybridized carbons (Fsp3) is 0. The van der Waals surface area contributed by atoms with E-state index in [-0.39, 0.29) is 5.75 Å². The summed E-state index contributed by atoms with van der Waals surface area (Å²) in [6.45, 7) is 0. The number of aromatic nitrogens is 1. The number of ether oxygens (including phenoxy) is 2. The molecule has 0 aliphatic rings. The van der Waals surface area contributed by atoms with E-state index < -0.39 is 0 Å². The Labute approximate surface area is 132 Å². The molecule has 4 nitrogen and oxygen atoms in total. The van der Waals surface area contributed by atoms with E-state index in [9.17, 15) is 5.11 Å². The van der Waals surface area contributed by atoms with Crippen LogP contribution >= 0.6 is 11.6 Å². The minimum Gasteiger partial charge on any atom is -0.508 e. The number of hydrogen-bond donors (Lipinski definition) is 1. The Hall–Kier alpha value is -2.72. The molecule has 5 heteroatoms. The van der Waals surface area contributed by atoms with E-state index in [1.165, 1.54) is 0 Å². The van der Waals surface area contributed by atoms with Crippen molar-refractivity contribution >= 4 is 11.6 Å². The second-order valence-electron chi connectivity index (χ2n) is 4.48. The second kappa shape index (κ2) is 6.37. The van der Waals surface area contributed by atoms with Gasteiger partial charge in [0.25, 0.3) is 0 Å². The van der Waals surface area contributed by atoms with Gasteiger partial charge in [0.1, 0.15) is 33.9 Å². The lowest BCUT2D eigenvalue weighted by atomic mass is 10.3. The molecule has 0 fully saturated rings. The number of phenols is 1. The van der Waals surface area contributed by atoms with Crippen molar-refractivity contribution < 1.29 is 14.6 Å². The van der Waals surface area contributed by atoms with Crippen molar-refractivity contribution in [2.24, 2.45) is 0 Å². The normalized spacial score (nSPS) is 10.2. The van der Waals surface area contributed by atoms with Crippen LogP contribution in [0.15, 0.2) is 66.9 Å². The predicted octanol–water partition coefficient (Wildman–Crippen LogP) is 5.03. The van der Waals surface area contributed by atoms with E-state index in [2.05, 4.69) is 4.98 Å². The molecule has 3 aromatic rings. The lowest BCUT2D eigenvalue weighted by Gasteiger charge is -2.08. The van der Waals surface area contributed by atoms with E-state index in [1.54, 1.807) is 66.9 Å². The molecule has 0 atom stereocenters. The van der Waals surface area contributed by atoms with Gasteiger partial charge >= 0.3 is 0 Å². The van der Waals surface area contributed by atoms with Gasteiger partial charge in [0, 0.05) is 12.3 Å². The molecule has 0 aliphatic heterocycles. The molecular weight excluding hydrogens is 302 g/mol. The molecule has 0 bridgehead atoms. The molecule has 1 aromatic heterocycles. The Bertz CT molecular complexity index is 758. The maximum atomic E-state index is 9.23. The van der Waals surface area contributed by atoms with Gasteiger partial charge in [-0.15, -0.1) is 0 Å². The van der Waals surface area contributed by atoms with Crippen LogP contribution in [-0.2, 0) is 0 Å². The summed E-state index contributed by atoms with van der Waals surface area (Å²) >= 11 is 5.81. The Morgan fingerprint density at radius 3 is 1.77 bits per heavy atom. The number of nitrogens with zero attached hydrogens (tertiary/aromatic N) is 1. The number of benzene rings is 2. The monoisotopic (exact) mass is 313 g/mol. The second-order valence-corrected chi connectivity index (χ2v) is 4.87. The summed E-state index contributed by atoms with van der Waals surface area (Å²) in [4.78, 5) is 3.90. The summed E-state index contributed by atoms with van der Waals surface area (Å²) in [5, 5.41) is 9.61. The fourth-order valence-electron chi connectivity index (χ4n) is 1.81. The third-order valence-electron chi connectivity index (χ3n) is 2.83. The molecular formula is C17H12ClNO3. The van der Waals surface area contributed by atoms with Crippen molar-refractivity contribution in [1.82, 2.24) is 4.98 Å². The Morgan fingerprint density at radius 2 is 1.23 bits per heavy atom. The van der Waals surface area contributed by atoms with Crippen LogP contribution in [0.25, 0.3) is 0 Å². The minimum atomic E-state index is 0.201. The van der Waals surface area contributed by atoms with Crippen LogP contribution < -0.4 is 9.47 Å². The molecule has 0 saturated heterocycles. The van der Waals surface area contributed by atoms with E-state index >= 15 is 0 Å². The van der Waals surface area contributed by atoms with Crippen molar-refractivity contribution in [3.05, 3.63) is 72.0 Å². The molecule has 0 unspecified atom stereocenters. The number of pyridine rings is 1. The zero-order valence-electron chi connectivity index (χ0n) is 11.4. The van der Waals surface area contributed by atoms with Crippen LogP contribution in [0.4, 0.5) is 0 Å². The van der Waals surface area contributed by atoms with Gasteiger partial charge in [-0.2, -0.15) is 0 Å². The van der Waals surface area contributed by atoms with Gasteiger partial charge in [-0.25, -0.2) is 4.98 Å². The van der Waals surface area contributed by atoms with Crippen molar-refractivity contribution in [2.45, 2.75) is 0 Å². The SMILES string of the molecule is Oc1ccc(Oc2ccc(Oc3ccnc(Cl)c3)cc2)cc1. The van der Waals surface area contributed by atoms with Gasteiger partial charge in [0.2, 0.25) is 0 Å². The third-order valence-corrected chi connectivity index (χ3v) is 3.04. The first-order valence-corrected chi connectivity index (χ1v) is 6.93. The highest BCUT2D eigenvalue weighted by Crippen LogP contribution is 2.28. The van der Waals surface area contributed by atoms with E-state index in [1.807, 2.05) is 0 Å². The summed E-state index contributed by atoms with van der Waals surface area (Å²) in [6.07, 6.45) is 1.58. The van der Waals surface area contributed by atoms with E-state index in [0.29, 0.717) is 28.2 Å². The smallest absolute Gasteiger partial charge is 0.132 e. The third kappa shape index (κ3) is 3.68.